The Balaban J connectivity index is 1.92. The fraction of sp³-hybridized carbons (Fsp3) is 0.545. The minimum atomic E-state index is -0.934. The quantitative estimate of drug-likeness (QED) is 0.864. The maximum atomic E-state index is 11.9. The number of urea groups is 1. The summed E-state index contributed by atoms with van der Waals surface area (Å²) in [6.45, 7) is 2.79. The molecule has 0 aliphatic carbocycles. The molecule has 6 nitrogen and oxygen atoms in total. The molecular weight excluding hydrogens is 254 g/mol. The number of aromatic nitrogens is 1. The number of hydrogen-bond acceptors (Lipinski definition) is 4. The van der Waals surface area contributed by atoms with E-state index in [0.29, 0.717) is 19.5 Å². The van der Waals surface area contributed by atoms with Gasteiger partial charge in [-0.3, -0.25) is 0 Å². The van der Waals surface area contributed by atoms with Gasteiger partial charge in [0.2, 0.25) is 0 Å². The SMILES string of the molecule is Cc1ncsc1CNC(=O)N1CCCC1C(=O)O. The van der Waals surface area contributed by atoms with E-state index in [0.717, 1.165) is 17.0 Å². The molecule has 0 radical (unpaired) electrons. The standard InChI is InChI=1S/C11H15N3O3S/c1-7-9(18-6-13-7)5-12-11(17)14-4-2-3-8(14)10(15)16/h6,8H,2-5H2,1H3,(H,12,17)(H,15,16). The molecule has 0 aromatic carbocycles. The van der Waals surface area contributed by atoms with Crippen LogP contribution in [-0.4, -0.2) is 39.6 Å². The summed E-state index contributed by atoms with van der Waals surface area (Å²) in [5, 5.41) is 11.7. The monoisotopic (exact) mass is 269 g/mol. The third kappa shape index (κ3) is 2.61. The molecule has 2 N–H and O–H groups in total. The van der Waals surface area contributed by atoms with E-state index in [1.807, 2.05) is 6.92 Å². The van der Waals surface area contributed by atoms with E-state index in [4.69, 9.17) is 5.11 Å². The van der Waals surface area contributed by atoms with E-state index in [2.05, 4.69) is 10.3 Å². The molecule has 0 bridgehead atoms. The number of carboxylic acids is 1. The number of amides is 2. The summed E-state index contributed by atoms with van der Waals surface area (Å²) < 4.78 is 0. The zero-order valence-electron chi connectivity index (χ0n) is 10.0. The van der Waals surface area contributed by atoms with Gasteiger partial charge >= 0.3 is 12.0 Å². The van der Waals surface area contributed by atoms with Crippen LogP contribution in [0.2, 0.25) is 0 Å². The zero-order chi connectivity index (χ0) is 13.1. The second-order valence-electron chi connectivity index (χ2n) is 4.21. The second-order valence-corrected chi connectivity index (χ2v) is 5.15. The van der Waals surface area contributed by atoms with Crippen LogP contribution in [0.25, 0.3) is 0 Å². The molecule has 1 aliphatic heterocycles. The number of hydrogen-bond donors (Lipinski definition) is 2. The molecule has 1 saturated heterocycles. The predicted octanol–water partition coefficient (Wildman–Crippen LogP) is 1.21. The Kier molecular flexibility index (Phi) is 3.81. The molecule has 0 saturated carbocycles. The highest BCUT2D eigenvalue weighted by molar-refractivity contribution is 7.09. The molecule has 1 unspecified atom stereocenters. The summed E-state index contributed by atoms with van der Waals surface area (Å²) in [5.41, 5.74) is 2.63. The lowest BCUT2D eigenvalue weighted by Crippen LogP contribution is -2.45. The number of thiazole rings is 1. The fourth-order valence-corrected chi connectivity index (χ4v) is 2.74. The summed E-state index contributed by atoms with van der Waals surface area (Å²) in [6, 6.07) is -1.000. The third-order valence-electron chi connectivity index (χ3n) is 3.04. The van der Waals surface area contributed by atoms with Gasteiger partial charge < -0.3 is 15.3 Å². The van der Waals surface area contributed by atoms with Crippen molar-refractivity contribution in [2.24, 2.45) is 0 Å². The molecule has 1 atom stereocenters. The number of nitrogens with zero attached hydrogens (tertiary/aromatic N) is 2. The lowest BCUT2D eigenvalue weighted by atomic mass is 10.2. The van der Waals surface area contributed by atoms with Crippen molar-refractivity contribution in [3.05, 3.63) is 16.1 Å². The number of carboxylic acid groups (broad SMARTS) is 1. The van der Waals surface area contributed by atoms with Crippen LogP contribution in [0, 0.1) is 6.92 Å². The molecular formula is C11H15N3O3S. The van der Waals surface area contributed by atoms with Gasteiger partial charge in [0.1, 0.15) is 6.04 Å². The van der Waals surface area contributed by atoms with E-state index in [1.54, 1.807) is 5.51 Å². The Morgan fingerprint density at radius 1 is 1.67 bits per heavy atom. The van der Waals surface area contributed by atoms with Crippen molar-refractivity contribution in [1.29, 1.82) is 0 Å². The maximum Gasteiger partial charge on any atom is 0.326 e. The van der Waals surface area contributed by atoms with E-state index >= 15 is 0 Å². The average Bonchev–Trinajstić information content (AvgIpc) is 2.94. The summed E-state index contributed by atoms with van der Waals surface area (Å²) in [6.07, 6.45) is 1.27. The average molecular weight is 269 g/mol. The Hall–Kier alpha value is -1.63. The van der Waals surface area contributed by atoms with Gasteiger partial charge in [0, 0.05) is 11.4 Å². The summed E-state index contributed by atoms with van der Waals surface area (Å²) in [4.78, 5) is 29.4. The van der Waals surface area contributed by atoms with E-state index in [-0.39, 0.29) is 6.03 Å². The third-order valence-corrected chi connectivity index (χ3v) is 3.98. The largest absolute Gasteiger partial charge is 0.480 e. The van der Waals surface area contributed by atoms with Gasteiger partial charge in [-0.05, 0) is 19.8 Å². The van der Waals surface area contributed by atoms with Gasteiger partial charge in [-0.2, -0.15) is 0 Å². The predicted molar refractivity (Wildman–Crippen MR) is 66.5 cm³/mol. The van der Waals surface area contributed by atoms with Gasteiger partial charge in [-0.25, -0.2) is 14.6 Å². The molecule has 1 aromatic rings. The highest BCUT2D eigenvalue weighted by Gasteiger charge is 2.33. The molecule has 0 spiro atoms. The first-order valence-electron chi connectivity index (χ1n) is 5.76. The van der Waals surface area contributed by atoms with Crippen molar-refractivity contribution in [3.8, 4) is 0 Å². The first kappa shape index (κ1) is 12.8. The minimum absolute atomic E-state index is 0.312. The second kappa shape index (κ2) is 5.34. The topological polar surface area (TPSA) is 82.5 Å². The van der Waals surface area contributed by atoms with Gasteiger partial charge in [-0.1, -0.05) is 0 Å². The summed E-state index contributed by atoms with van der Waals surface area (Å²) in [5.74, 6) is -0.934. The number of aliphatic carboxylic acids is 1. The molecule has 2 heterocycles. The first-order chi connectivity index (χ1) is 8.59. The van der Waals surface area contributed by atoms with Crippen molar-refractivity contribution in [2.45, 2.75) is 32.4 Å². The number of rotatable bonds is 3. The molecule has 98 valence electrons. The van der Waals surface area contributed by atoms with Crippen LogP contribution in [0.15, 0.2) is 5.51 Å². The summed E-state index contributed by atoms with van der Waals surface area (Å²) >= 11 is 1.48. The van der Waals surface area contributed by atoms with Crippen LogP contribution >= 0.6 is 11.3 Å². The van der Waals surface area contributed by atoms with Crippen LogP contribution in [0.3, 0.4) is 0 Å². The highest BCUT2D eigenvalue weighted by atomic mass is 32.1. The number of likely N-dealkylation sites (tertiary alicyclic amines) is 1. The van der Waals surface area contributed by atoms with Gasteiger partial charge in [0.05, 0.1) is 17.7 Å². The van der Waals surface area contributed by atoms with Crippen LogP contribution in [0.5, 0.6) is 0 Å². The van der Waals surface area contributed by atoms with Gasteiger partial charge in [0.25, 0.3) is 0 Å². The van der Waals surface area contributed by atoms with Crippen LogP contribution in [-0.2, 0) is 11.3 Å². The van der Waals surface area contributed by atoms with Crippen molar-refractivity contribution < 1.29 is 14.7 Å². The number of carbonyl (C=O) groups excluding carboxylic acids is 1. The number of carbonyl (C=O) groups is 2. The van der Waals surface area contributed by atoms with Crippen LogP contribution in [0.1, 0.15) is 23.4 Å². The van der Waals surface area contributed by atoms with Crippen molar-refractivity contribution in [1.82, 2.24) is 15.2 Å². The lowest BCUT2D eigenvalue weighted by molar-refractivity contribution is -0.141. The molecule has 1 aliphatic rings. The molecule has 1 aromatic heterocycles. The molecule has 1 fully saturated rings. The minimum Gasteiger partial charge on any atom is -0.480 e. The normalized spacial score (nSPS) is 18.9. The Bertz CT molecular complexity index is 460. The van der Waals surface area contributed by atoms with Crippen molar-refractivity contribution >= 4 is 23.3 Å². The van der Waals surface area contributed by atoms with Gasteiger partial charge in [0.15, 0.2) is 0 Å². The smallest absolute Gasteiger partial charge is 0.326 e. The molecule has 2 rings (SSSR count). The fourth-order valence-electron chi connectivity index (χ4n) is 2.02. The van der Waals surface area contributed by atoms with Crippen molar-refractivity contribution in [2.75, 3.05) is 6.54 Å². The molecule has 7 heteroatoms. The summed E-state index contributed by atoms with van der Waals surface area (Å²) in [7, 11) is 0. The first-order valence-corrected chi connectivity index (χ1v) is 6.64. The highest BCUT2D eigenvalue weighted by Crippen LogP contribution is 2.18. The molecule has 2 amide bonds. The van der Waals surface area contributed by atoms with Crippen molar-refractivity contribution in [3.63, 3.8) is 0 Å². The lowest BCUT2D eigenvalue weighted by Gasteiger charge is -2.21. The van der Waals surface area contributed by atoms with Crippen LogP contribution < -0.4 is 5.32 Å². The Labute approximate surface area is 109 Å². The molecule has 18 heavy (non-hydrogen) atoms. The van der Waals surface area contributed by atoms with Gasteiger partial charge in [-0.15, -0.1) is 11.3 Å². The van der Waals surface area contributed by atoms with E-state index in [1.165, 1.54) is 16.2 Å². The maximum absolute atomic E-state index is 11.9. The van der Waals surface area contributed by atoms with Crippen LogP contribution in [0.4, 0.5) is 4.79 Å². The number of nitrogens with one attached hydrogen (secondary N) is 1. The zero-order valence-corrected chi connectivity index (χ0v) is 10.9. The Morgan fingerprint density at radius 3 is 3.06 bits per heavy atom. The Morgan fingerprint density at radius 2 is 2.44 bits per heavy atom. The van der Waals surface area contributed by atoms with E-state index in [9.17, 15) is 9.59 Å². The van der Waals surface area contributed by atoms with E-state index < -0.39 is 12.0 Å². The number of aryl methyl sites for hydroxylation is 1.